The lowest BCUT2D eigenvalue weighted by molar-refractivity contribution is -0.118. The number of amides is 1. The van der Waals surface area contributed by atoms with Crippen LogP contribution in [0.4, 0.5) is 10.1 Å². The van der Waals surface area contributed by atoms with E-state index in [0.29, 0.717) is 23.2 Å². The molecular formula is C24H21ClFN3O5S. The molecule has 35 heavy (non-hydrogen) atoms. The van der Waals surface area contributed by atoms with Crippen molar-refractivity contribution in [3.05, 3.63) is 76.1 Å². The standard InChI is InChI=1S/C24H21ClFN3O5S/c1-3-16-4-7-21(23(26)24(16)34-18-10-15(12-27)9-17(25)11-18)33-13-22(30)29-20-6-5-19(8-14(20)2)35(28,31)32/h4-11H,3,13H2,1-2H3,(H,29,30)(H2,28,31,32). The molecule has 0 bridgehead atoms. The first-order chi connectivity index (χ1) is 16.5. The molecule has 0 aliphatic carbocycles. The number of carbonyl (C=O) groups is 1. The Bertz CT molecular complexity index is 1440. The van der Waals surface area contributed by atoms with Gasteiger partial charge in [0.1, 0.15) is 5.75 Å². The van der Waals surface area contributed by atoms with Gasteiger partial charge < -0.3 is 14.8 Å². The number of hydrogen-bond donors (Lipinski definition) is 2. The summed E-state index contributed by atoms with van der Waals surface area (Å²) >= 11 is 6.00. The highest BCUT2D eigenvalue weighted by Crippen LogP contribution is 2.35. The monoisotopic (exact) mass is 517 g/mol. The molecule has 0 aromatic heterocycles. The van der Waals surface area contributed by atoms with Crippen molar-refractivity contribution in [3.8, 4) is 23.3 Å². The van der Waals surface area contributed by atoms with E-state index in [1.54, 1.807) is 13.0 Å². The van der Waals surface area contributed by atoms with Crippen LogP contribution in [0.2, 0.25) is 5.02 Å². The Morgan fingerprint density at radius 2 is 1.94 bits per heavy atom. The van der Waals surface area contributed by atoms with Gasteiger partial charge in [-0.25, -0.2) is 13.6 Å². The quantitative estimate of drug-likeness (QED) is 0.446. The maximum atomic E-state index is 15.2. The number of carbonyl (C=O) groups excluding carboxylic acids is 1. The van der Waals surface area contributed by atoms with Gasteiger partial charge in [0.15, 0.2) is 18.1 Å². The molecule has 0 heterocycles. The number of anilines is 1. The highest BCUT2D eigenvalue weighted by molar-refractivity contribution is 7.89. The summed E-state index contributed by atoms with van der Waals surface area (Å²) in [5.41, 5.74) is 1.62. The molecule has 0 spiro atoms. The van der Waals surface area contributed by atoms with Gasteiger partial charge in [0.25, 0.3) is 5.91 Å². The third kappa shape index (κ3) is 6.48. The molecule has 0 saturated carbocycles. The van der Waals surface area contributed by atoms with E-state index in [-0.39, 0.29) is 32.7 Å². The Morgan fingerprint density at radius 1 is 1.20 bits per heavy atom. The van der Waals surface area contributed by atoms with E-state index >= 15 is 4.39 Å². The number of sulfonamides is 1. The summed E-state index contributed by atoms with van der Waals surface area (Å²) in [4.78, 5) is 12.3. The lowest BCUT2D eigenvalue weighted by atomic mass is 10.1. The van der Waals surface area contributed by atoms with Crippen molar-refractivity contribution in [3.63, 3.8) is 0 Å². The molecule has 0 saturated heterocycles. The predicted molar refractivity (Wildman–Crippen MR) is 129 cm³/mol. The van der Waals surface area contributed by atoms with Crippen LogP contribution < -0.4 is 19.9 Å². The summed E-state index contributed by atoms with van der Waals surface area (Å²) in [6.45, 7) is 2.90. The van der Waals surface area contributed by atoms with Crippen LogP contribution in [-0.4, -0.2) is 20.9 Å². The van der Waals surface area contributed by atoms with E-state index < -0.39 is 28.4 Å². The van der Waals surface area contributed by atoms with Crippen molar-refractivity contribution in [2.24, 2.45) is 5.14 Å². The lowest BCUT2D eigenvalue weighted by Gasteiger charge is -2.15. The first-order valence-corrected chi connectivity index (χ1v) is 12.2. The minimum atomic E-state index is -3.87. The zero-order chi connectivity index (χ0) is 25.8. The molecule has 8 nitrogen and oxygen atoms in total. The lowest BCUT2D eigenvalue weighted by Crippen LogP contribution is -2.21. The van der Waals surface area contributed by atoms with Crippen molar-refractivity contribution >= 4 is 33.2 Å². The molecule has 11 heteroatoms. The summed E-state index contributed by atoms with van der Waals surface area (Å²) in [6, 6.07) is 13.3. The van der Waals surface area contributed by atoms with Crippen LogP contribution in [-0.2, 0) is 21.2 Å². The second-order valence-corrected chi connectivity index (χ2v) is 9.47. The van der Waals surface area contributed by atoms with E-state index in [9.17, 15) is 13.2 Å². The maximum Gasteiger partial charge on any atom is 0.262 e. The summed E-state index contributed by atoms with van der Waals surface area (Å²) in [7, 11) is -3.87. The van der Waals surface area contributed by atoms with Crippen LogP contribution in [0.25, 0.3) is 0 Å². The molecule has 0 atom stereocenters. The Kier molecular flexibility index (Phi) is 7.96. The van der Waals surface area contributed by atoms with Crippen LogP contribution >= 0.6 is 11.6 Å². The average Bonchev–Trinajstić information content (AvgIpc) is 2.79. The van der Waals surface area contributed by atoms with E-state index in [2.05, 4.69) is 5.32 Å². The molecule has 3 rings (SSSR count). The Hall–Kier alpha value is -3.65. The molecule has 0 fully saturated rings. The molecule has 3 aromatic rings. The van der Waals surface area contributed by atoms with Crippen LogP contribution in [0.5, 0.6) is 17.2 Å². The van der Waals surface area contributed by atoms with E-state index in [1.165, 1.54) is 42.5 Å². The first-order valence-electron chi connectivity index (χ1n) is 10.3. The Labute approximate surface area is 207 Å². The van der Waals surface area contributed by atoms with Crippen LogP contribution in [0.1, 0.15) is 23.6 Å². The van der Waals surface area contributed by atoms with Gasteiger partial charge in [-0.1, -0.05) is 24.6 Å². The SMILES string of the molecule is CCc1ccc(OCC(=O)Nc2ccc(S(N)(=O)=O)cc2C)c(F)c1Oc1cc(Cl)cc(C#N)c1. The number of ether oxygens (including phenoxy) is 2. The highest BCUT2D eigenvalue weighted by atomic mass is 35.5. The van der Waals surface area contributed by atoms with Gasteiger partial charge in [0.05, 0.1) is 16.5 Å². The highest BCUT2D eigenvalue weighted by Gasteiger charge is 2.18. The van der Waals surface area contributed by atoms with Gasteiger partial charge in [-0.3, -0.25) is 4.79 Å². The molecule has 3 N–H and O–H groups in total. The predicted octanol–water partition coefficient (Wildman–Crippen LogP) is 4.68. The van der Waals surface area contributed by atoms with E-state index in [1.807, 2.05) is 13.0 Å². The molecule has 182 valence electrons. The van der Waals surface area contributed by atoms with Gasteiger partial charge in [0, 0.05) is 10.7 Å². The largest absolute Gasteiger partial charge is 0.481 e. The van der Waals surface area contributed by atoms with E-state index in [4.69, 9.17) is 31.5 Å². The summed E-state index contributed by atoms with van der Waals surface area (Å²) in [6.07, 6.45) is 0.451. The number of primary sulfonamides is 1. The minimum Gasteiger partial charge on any atom is -0.481 e. The third-order valence-electron chi connectivity index (χ3n) is 4.90. The normalized spacial score (nSPS) is 11.0. The molecule has 3 aromatic carbocycles. The second kappa shape index (κ2) is 10.7. The molecule has 0 radical (unpaired) electrons. The summed E-state index contributed by atoms with van der Waals surface area (Å²) in [5.74, 6) is -1.55. The second-order valence-electron chi connectivity index (χ2n) is 7.47. The number of aryl methyl sites for hydroxylation is 2. The molecule has 0 unspecified atom stereocenters. The fraction of sp³-hybridized carbons (Fsp3) is 0.167. The molecule has 1 amide bonds. The number of nitrogens with one attached hydrogen (secondary N) is 1. The fourth-order valence-electron chi connectivity index (χ4n) is 3.17. The summed E-state index contributed by atoms with van der Waals surface area (Å²) in [5, 5.41) is 17.1. The maximum absolute atomic E-state index is 15.2. The van der Waals surface area contributed by atoms with Gasteiger partial charge in [-0.15, -0.1) is 0 Å². The van der Waals surface area contributed by atoms with Crippen molar-refractivity contribution in [2.75, 3.05) is 11.9 Å². The zero-order valence-corrected chi connectivity index (χ0v) is 20.3. The van der Waals surface area contributed by atoms with Gasteiger partial charge in [-0.05, 0) is 66.9 Å². The smallest absolute Gasteiger partial charge is 0.262 e. The van der Waals surface area contributed by atoms with Gasteiger partial charge >= 0.3 is 0 Å². The number of nitrogens with two attached hydrogens (primary N) is 1. The van der Waals surface area contributed by atoms with Crippen LogP contribution in [0.3, 0.4) is 0 Å². The zero-order valence-electron chi connectivity index (χ0n) is 18.8. The molecule has 0 aliphatic heterocycles. The van der Waals surface area contributed by atoms with Gasteiger partial charge in [0.2, 0.25) is 15.8 Å². The van der Waals surface area contributed by atoms with Crippen molar-refractivity contribution in [2.45, 2.75) is 25.2 Å². The third-order valence-corrected chi connectivity index (χ3v) is 6.03. The number of halogens is 2. The minimum absolute atomic E-state index is 0.0866. The Morgan fingerprint density at radius 3 is 2.57 bits per heavy atom. The first kappa shape index (κ1) is 26.0. The van der Waals surface area contributed by atoms with E-state index in [0.717, 1.165) is 0 Å². The Balaban J connectivity index is 1.76. The topological polar surface area (TPSA) is 132 Å². The van der Waals surface area contributed by atoms with Crippen molar-refractivity contribution in [1.29, 1.82) is 5.26 Å². The summed E-state index contributed by atoms with van der Waals surface area (Å²) < 4.78 is 49.2. The molecule has 0 aliphatic rings. The number of benzene rings is 3. The number of rotatable bonds is 8. The number of hydrogen-bond acceptors (Lipinski definition) is 6. The molecular weight excluding hydrogens is 497 g/mol. The number of nitrogens with zero attached hydrogens (tertiary/aromatic N) is 1. The van der Waals surface area contributed by atoms with Gasteiger partial charge in [-0.2, -0.15) is 9.65 Å². The fourth-order valence-corrected chi connectivity index (χ4v) is 3.99. The van der Waals surface area contributed by atoms with Crippen molar-refractivity contribution in [1.82, 2.24) is 0 Å². The average molecular weight is 518 g/mol. The van der Waals surface area contributed by atoms with Crippen LogP contribution in [0, 0.1) is 24.1 Å². The number of nitriles is 1. The van der Waals surface area contributed by atoms with Crippen LogP contribution in [0.15, 0.2) is 53.4 Å². The van der Waals surface area contributed by atoms with Crippen molar-refractivity contribution < 1.29 is 27.1 Å².